The predicted molar refractivity (Wildman–Crippen MR) is 114 cm³/mol. The van der Waals surface area contributed by atoms with E-state index in [2.05, 4.69) is 10.3 Å². The van der Waals surface area contributed by atoms with Crippen LogP contribution in [0.15, 0.2) is 48.5 Å². The number of hydrogen-bond donors (Lipinski definition) is 3. The monoisotopic (exact) mass is 403 g/mol. The number of benzene rings is 3. The Morgan fingerprint density at radius 2 is 1.83 bits per heavy atom. The van der Waals surface area contributed by atoms with E-state index in [9.17, 15) is 9.18 Å². The third-order valence-electron chi connectivity index (χ3n) is 5.77. The van der Waals surface area contributed by atoms with Crippen molar-refractivity contribution in [1.82, 2.24) is 4.98 Å². The molecule has 0 saturated carbocycles. The van der Waals surface area contributed by atoms with Crippen LogP contribution in [-0.2, 0) is 12.8 Å². The van der Waals surface area contributed by atoms with Crippen LogP contribution in [0.4, 0.5) is 19.3 Å². The summed E-state index contributed by atoms with van der Waals surface area (Å²) in [4.78, 5) is 14.4. The number of fused-ring (bicyclic) bond motifs is 5. The van der Waals surface area contributed by atoms with Crippen molar-refractivity contribution >= 4 is 22.6 Å². The first kappa shape index (κ1) is 18.4. The molecule has 0 bridgehead atoms. The average molecular weight is 403 g/mol. The number of aromatic amines is 1. The largest absolute Gasteiger partial charge is 0.352 e. The van der Waals surface area contributed by atoms with Gasteiger partial charge in [0.1, 0.15) is 5.82 Å². The van der Waals surface area contributed by atoms with Crippen LogP contribution >= 0.6 is 0 Å². The van der Waals surface area contributed by atoms with Crippen LogP contribution in [0.3, 0.4) is 0 Å². The second-order valence-corrected chi connectivity index (χ2v) is 7.65. The van der Waals surface area contributed by atoms with Crippen molar-refractivity contribution in [2.45, 2.75) is 19.8 Å². The molecule has 0 radical (unpaired) electrons. The summed E-state index contributed by atoms with van der Waals surface area (Å²) in [5.41, 5.74) is 11.9. The van der Waals surface area contributed by atoms with Gasteiger partial charge in [0, 0.05) is 22.2 Å². The first-order valence-corrected chi connectivity index (χ1v) is 9.71. The number of nitrogens with one attached hydrogen (secondary N) is 2. The lowest BCUT2D eigenvalue weighted by atomic mass is 9.88. The second kappa shape index (κ2) is 6.69. The van der Waals surface area contributed by atoms with Crippen LogP contribution in [0.2, 0.25) is 0 Å². The highest BCUT2D eigenvalue weighted by Crippen LogP contribution is 2.40. The van der Waals surface area contributed by atoms with Gasteiger partial charge in [0.05, 0.1) is 11.2 Å². The van der Waals surface area contributed by atoms with E-state index in [-0.39, 0.29) is 11.6 Å². The Bertz CT molecular complexity index is 1340. The third kappa shape index (κ3) is 2.84. The number of nitrogens with two attached hydrogens (primary N) is 1. The number of urea groups is 1. The zero-order valence-electron chi connectivity index (χ0n) is 16.3. The number of aromatic nitrogens is 1. The summed E-state index contributed by atoms with van der Waals surface area (Å²) < 4.78 is 29.1. The first-order valence-electron chi connectivity index (χ1n) is 9.71. The maximum Gasteiger partial charge on any atom is 0.316 e. The van der Waals surface area contributed by atoms with E-state index >= 15 is 4.39 Å². The fourth-order valence-corrected chi connectivity index (χ4v) is 4.33. The van der Waals surface area contributed by atoms with Gasteiger partial charge in [0.25, 0.3) is 0 Å². The van der Waals surface area contributed by atoms with Crippen molar-refractivity contribution < 1.29 is 13.6 Å². The molecule has 5 rings (SSSR count). The summed E-state index contributed by atoms with van der Waals surface area (Å²) in [5, 5.41) is 3.45. The van der Waals surface area contributed by atoms with Gasteiger partial charge in [-0.1, -0.05) is 24.3 Å². The Kier molecular flexibility index (Phi) is 4.10. The lowest BCUT2D eigenvalue weighted by Gasteiger charge is -2.17. The number of amides is 2. The topological polar surface area (TPSA) is 70.9 Å². The number of halogens is 2. The Hall–Kier alpha value is -3.67. The number of rotatable bonds is 2. The van der Waals surface area contributed by atoms with Gasteiger partial charge >= 0.3 is 6.03 Å². The molecule has 3 aromatic carbocycles. The normalized spacial score (nSPS) is 12.5. The summed E-state index contributed by atoms with van der Waals surface area (Å²) in [6.07, 6.45) is 1.54. The van der Waals surface area contributed by atoms with E-state index in [4.69, 9.17) is 5.73 Å². The van der Waals surface area contributed by atoms with Crippen molar-refractivity contribution in [1.29, 1.82) is 0 Å². The van der Waals surface area contributed by atoms with E-state index in [1.807, 2.05) is 18.2 Å². The second-order valence-electron chi connectivity index (χ2n) is 7.65. The molecule has 0 spiro atoms. The van der Waals surface area contributed by atoms with Crippen molar-refractivity contribution in [2.75, 3.05) is 5.32 Å². The van der Waals surface area contributed by atoms with E-state index in [0.29, 0.717) is 27.9 Å². The fraction of sp³-hybridized carbons (Fsp3) is 0.125. The summed E-state index contributed by atoms with van der Waals surface area (Å²) in [7, 11) is 0. The molecule has 4 aromatic rings. The number of carbonyl (C=O) groups excluding carboxylic acids is 1. The minimum atomic E-state index is -0.609. The standard InChI is InChI=1S/C24H19F2N3O/c1-12-10-13(3-9-20(12)25)16-7-8-19-18-5-2-14-11-15(28-24(27)30)4-6-17(14)22(18)29-23(19)21(16)26/h3-4,6-11,29H,2,5H2,1H3,(H3,27,28,30). The molecule has 0 aliphatic heterocycles. The molecule has 30 heavy (non-hydrogen) atoms. The van der Waals surface area contributed by atoms with Crippen LogP contribution in [0.25, 0.3) is 33.3 Å². The maximum atomic E-state index is 15.5. The van der Waals surface area contributed by atoms with Gasteiger partial charge in [-0.3, -0.25) is 0 Å². The summed E-state index contributed by atoms with van der Waals surface area (Å²) in [6.45, 7) is 1.67. The smallest absolute Gasteiger partial charge is 0.316 e. The molecule has 0 saturated heterocycles. The SMILES string of the molecule is Cc1cc(-c2ccc3c4c([nH]c3c2F)-c2ccc(NC(N)=O)cc2CC4)ccc1F. The van der Waals surface area contributed by atoms with E-state index < -0.39 is 6.03 Å². The van der Waals surface area contributed by atoms with Gasteiger partial charge in [-0.05, 0) is 66.3 Å². The zero-order valence-corrected chi connectivity index (χ0v) is 16.3. The summed E-state index contributed by atoms with van der Waals surface area (Å²) >= 11 is 0. The molecule has 0 atom stereocenters. The van der Waals surface area contributed by atoms with Crippen LogP contribution in [0.5, 0.6) is 0 Å². The van der Waals surface area contributed by atoms with Gasteiger partial charge in [-0.2, -0.15) is 0 Å². The van der Waals surface area contributed by atoms with E-state index in [0.717, 1.165) is 40.6 Å². The molecule has 4 N–H and O–H groups in total. The number of carbonyl (C=O) groups is 1. The highest BCUT2D eigenvalue weighted by Gasteiger charge is 2.23. The molecule has 1 heterocycles. The summed E-state index contributed by atoms with van der Waals surface area (Å²) in [5.74, 6) is -0.654. The van der Waals surface area contributed by atoms with Gasteiger partial charge < -0.3 is 16.0 Å². The van der Waals surface area contributed by atoms with Crippen molar-refractivity contribution in [2.24, 2.45) is 5.73 Å². The Morgan fingerprint density at radius 3 is 2.60 bits per heavy atom. The molecular formula is C24H19F2N3O. The lowest BCUT2D eigenvalue weighted by molar-refractivity contribution is 0.259. The van der Waals surface area contributed by atoms with Crippen LogP contribution in [0, 0.1) is 18.6 Å². The minimum absolute atomic E-state index is 0.308. The van der Waals surface area contributed by atoms with Gasteiger partial charge in [0.2, 0.25) is 0 Å². The number of hydrogen-bond acceptors (Lipinski definition) is 1. The molecule has 4 nitrogen and oxygen atoms in total. The first-order chi connectivity index (χ1) is 14.4. The quantitative estimate of drug-likeness (QED) is 0.396. The van der Waals surface area contributed by atoms with Gasteiger partial charge in [-0.15, -0.1) is 0 Å². The van der Waals surface area contributed by atoms with E-state index in [1.165, 1.54) is 6.07 Å². The summed E-state index contributed by atoms with van der Waals surface area (Å²) in [6, 6.07) is 13.3. The maximum absolute atomic E-state index is 15.5. The van der Waals surface area contributed by atoms with E-state index in [1.54, 1.807) is 31.2 Å². The Balaban J connectivity index is 1.64. The van der Waals surface area contributed by atoms with Crippen molar-refractivity contribution in [3.63, 3.8) is 0 Å². The molecule has 1 aliphatic carbocycles. The van der Waals surface area contributed by atoms with Gasteiger partial charge in [0.15, 0.2) is 5.82 Å². The average Bonchev–Trinajstić information content (AvgIpc) is 3.10. The molecular weight excluding hydrogens is 384 g/mol. The molecule has 6 heteroatoms. The zero-order chi connectivity index (χ0) is 21.0. The molecule has 0 fully saturated rings. The van der Waals surface area contributed by atoms with Gasteiger partial charge in [-0.25, -0.2) is 13.6 Å². The Morgan fingerprint density at radius 1 is 1.03 bits per heavy atom. The highest BCUT2D eigenvalue weighted by molar-refractivity contribution is 5.96. The Labute approximate surface area is 171 Å². The molecule has 0 unspecified atom stereocenters. The molecule has 1 aliphatic rings. The third-order valence-corrected chi connectivity index (χ3v) is 5.77. The fourth-order valence-electron chi connectivity index (χ4n) is 4.33. The molecule has 2 amide bonds. The van der Waals surface area contributed by atoms with Crippen molar-refractivity contribution in [3.05, 3.63) is 76.9 Å². The molecule has 1 aromatic heterocycles. The van der Waals surface area contributed by atoms with Crippen LogP contribution in [0.1, 0.15) is 16.7 Å². The predicted octanol–water partition coefficient (Wildman–Crippen LogP) is 5.68. The van der Waals surface area contributed by atoms with Crippen LogP contribution < -0.4 is 11.1 Å². The number of anilines is 1. The number of aryl methyl sites for hydroxylation is 3. The highest BCUT2D eigenvalue weighted by atomic mass is 19.1. The minimum Gasteiger partial charge on any atom is -0.352 e. The number of H-pyrrole nitrogens is 1. The van der Waals surface area contributed by atoms with Crippen LogP contribution in [-0.4, -0.2) is 11.0 Å². The number of primary amides is 1. The van der Waals surface area contributed by atoms with Crippen molar-refractivity contribution in [3.8, 4) is 22.4 Å². The lowest BCUT2D eigenvalue weighted by Crippen LogP contribution is -2.19. The molecule has 150 valence electrons.